The van der Waals surface area contributed by atoms with Gasteiger partial charge in [-0.1, -0.05) is 12.1 Å². The van der Waals surface area contributed by atoms with Gasteiger partial charge in [0.05, 0.1) is 0 Å². The smallest absolute Gasteiger partial charge is 0.320 e. The van der Waals surface area contributed by atoms with Crippen molar-refractivity contribution in [3.8, 4) is 5.75 Å². The quantitative estimate of drug-likeness (QED) is 0.662. The van der Waals surface area contributed by atoms with Crippen LogP contribution in [0, 0.1) is 0 Å². The molecule has 1 rings (SSSR count). The summed E-state index contributed by atoms with van der Waals surface area (Å²) in [6.07, 6.45) is 0.273. The van der Waals surface area contributed by atoms with E-state index in [9.17, 15) is 4.79 Å². The van der Waals surface area contributed by atoms with Crippen LogP contribution in [0.5, 0.6) is 5.75 Å². The van der Waals surface area contributed by atoms with Crippen LogP contribution in [0.25, 0.3) is 0 Å². The summed E-state index contributed by atoms with van der Waals surface area (Å²) >= 11 is 0. The van der Waals surface area contributed by atoms with Gasteiger partial charge in [-0.15, -0.1) is 0 Å². The second-order valence-electron chi connectivity index (χ2n) is 2.82. The second kappa shape index (κ2) is 5.65. The minimum atomic E-state index is -1.02. The third kappa shape index (κ3) is 3.79. The molecule has 0 unspecified atom stereocenters. The monoisotopic (exact) mass is 237 g/mol. The standard InChI is InChI=1S/C9H11NO3.Fe/c10-8(9(12)13)5-6-1-3-7(11)4-2-6;/h1-4,8,11H,5,10H2,(H,12,13);/t8-;/m0./s1. The molecule has 0 fully saturated rings. The van der Waals surface area contributed by atoms with E-state index >= 15 is 0 Å². The topological polar surface area (TPSA) is 83.5 Å². The van der Waals surface area contributed by atoms with E-state index in [0.29, 0.717) is 0 Å². The summed E-state index contributed by atoms with van der Waals surface area (Å²) in [5.41, 5.74) is 6.12. The largest absolute Gasteiger partial charge is 0.508 e. The zero-order valence-electron chi connectivity index (χ0n) is 7.33. The zero-order valence-corrected chi connectivity index (χ0v) is 8.43. The Labute approximate surface area is 92.2 Å². The summed E-state index contributed by atoms with van der Waals surface area (Å²) in [5, 5.41) is 17.5. The number of carbonyl (C=O) groups is 1. The molecule has 78 valence electrons. The molecular weight excluding hydrogens is 226 g/mol. The predicted molar refractivity (Wildman–Crippen MR) is 47.4 cm³/mol. The van der Waals surface area contributed by atoms with Crippen molar-refractivity contribution in [3.05, 3.63) is 29.8 Å². The number of carboxylic acid groups (broad SMARTS) is 1. The molecule has 0 spiro atoms. The molecule has 0 heterocycles. The normalized spacial score (nSPS) is 11.5. The van der Waals surface area contributed by atoms with E-state index < -0.39 is 12.0 Å². The number of rotatable bonds is 3. The van der Waals surface area contributed by atoms with Gasteiger partial charge in [0.25, 0.3) is 0 Å². The Kier molecular flexibility index (Phi) is 5.23. The Hall–Kier alpha value is -1.03. The molecule has 0 saturated heterocycles. The maximum Gasteiger partial charge on any atom is 0.320 e. The van der Waals surface area contributed by atoms with E-state index in [2.05, 4.69) is 0 Å². The summed E-state index contributed by atoms with van der Waals surface area (Å²) in [6, 6.07) is 5.42. The van der Waals surface area contributed by atoms with Crippen LogP contribution < -0.4 is 5.73 Å². The Balaban J connectivity index is 0.00000169. The number of hydrogen-bond donors (Lipinski definition) is 3. The zero-order chi connectivity index (χ0) is 9.84. The van der Waals surface area contributed by atoms with E-state index in [1.807, 2.05) is 0 Å². The Bertz CT molecular complexity index is 299. The fourth-order valence-corrected chi connectivity index (χ4v) is 0.973. The van der Waals surface area contributed by atoms with Gasteiger partial charge in [-0.3, -0.25) is 4.79 Å². The fraction of sp³-hybridized carbons (Fsp3) is 0.222. The van der Waals surface area contributed by atoms with Crippen LogP contribution in [0.1, 0.15) is 5.56 Å². The van der Waals surface area contributed by atoms with Crippen molar-refractivity contribution in [2.24, 2.45) is 5.73 Å². The van der Waals surface area contributed by atoms with Crippen molar-refractivity contribution in [2.45, 2.75) is 12.5 Å². The first-order valence-corrected chi connectivity index (χ1v) is 3.86. The Morgan fingerprint density at radius 2 is 1.86 bits per heavy atom. The number of aromatic hydroxyl groups is 1. The molecule has 1 aromatic carbocycles. The Morgan fingerprint density at radius 1 is 1.36 bits per heavy atom. The van der Waals surface area contributed by atoms with Crippen molar-refractivity contribution in [3.63, 3.8) is 0 Å². The van der Waals surface area contributed by atoms with Crippen LogP contribution in [0.2, 0.25) is 0 Å². The molecule has 0 saturated carbocycles. The van der Waals surface area contributed by atoms with E-state index in [-0.39, 0.29) is 29.2 Å². The molecule has 4 N–H and O–H groups in total. The van der Waals surface area contributed by atoms with E-state index in [0.717, 1.165) is 5.56 Å². The molecule has 14 heavy (non-hydrogen) atoms. The first-order valence-electron chi connectivity index (χ1n) is 3.86. The number of phenolic OH excluding ortho intramolecular Hbond substituents is 1. The first-order chi connectivity index (χ1) is 6.09. The fourth-order valence-electron chi connectivity index (χ4n) is 0.973. The van der Waals surface area contributed by atoms with Crippen molar-refractivity contribution >= 4 is 5.97 Å². The number of hydrogen-bond acceptors (Lipinski definition) is 3. The third-order valence-electron chi connectivity index (χ3n) is 1.71. The summed E-state index contributed by atoms with van der Waals surface area (Å²) in [6.45, 7) is 0. The minimum absolute atomic E-state index is 0. The van der Waals surface area contributed by atoms with Crippen molar-refractivity contribution in [2.75, 3.05) is 0 Å². The van der Waals surface area contributed by atoms with E-state index in [1.54, 1.807) is 12.1 Å². The summed E-state index contributed by atoms with van der Waals surface area (Å²) in [5.74, 6) is -0.860. The van der Waals surface area contributed by atoms with Crippen LogP contribution >= 0.6 is 0 Å². The van der Waals surface area contributed by atoms with Gasteiger partial charge in [-0.05, 0) is 24.1 Å². The number of phenols is 1. The van der Waals surface area contributed by atoms with Gasteiger partial charge in [0.1, 0.15) is 11.8 Å². The van der Waals surface area contributed by atoms with Gasteiger partial charge < -0.3 is 15.9 Å². The molecule has 1 atom stereocenters. The van der Waals surface area contributed by atoms with Gasteiger partial charge in [0.15, 0.2) is 0 Å². The van der Waals surface area contributed by atoms with Gasteiger partial charge >= 0.3 is 5.97 Å². The van der Waals surface area contributed by atoms with Crippen LogP contribution in [-0.2, 0) is 28.3 Å². The first kappa shape index (κ1) is 13.0. The Morgan fingerprint density at radius 3 is 2.29 bits per heavy atom. The van der Waals surface area contributed by atoms with E-state index in [1.165, 1.54) is 12.1 Å². The van der Waals surface area contributed by atoms with Crippen molar-refractivity contribution in [1.29, 1.82) is 0 Å². The molecule has 0 radical (unpaired) electrons. The van der Waals surface area contributed by atoms with Gasteiger partial charge in [0.2, 0.25) is 0 Å². The molecule has 0 aliphatic rings. The number of carboxylic acids is 1. The molecule has 0 aliphatic heterocycles. The second-order valence-corrected chi connectivity index (χ2v) is 2.82. The van der Waals surface area contributed by atoms with Gasteiger partial charge in [-0.25, -0.2) is 0 Å². The predicted octanol–water partition coefficient (Wildman–Crippen LogP) is 0.344. The molecule has 0 amide bonds. The van der Waals surface area contributed by atoms with Crippen LogP contribution in [-0.4, -0.2) is 22.2 Å². The number of nitrogens with two attached hydrogens (primary N) is 1. The number of aliphatic carboxylic acids is 1. The summed E-state index contributed by atoms with van der Waals surface area (Å²) in [7, 11) is 0. The summed E-state index contributed by atoms with van der Waals surface area (Å²) < 4.78 is 0. The molecule has 5 heteroatoms. The molecule has 0 aliphatic carbocycles. The molecule has 4 nitrogen and oxygen atoms in total. The molecular formula is C9H11FeNO3. The van der Waals surface area contributed by atoms with Gasteiger partial charge in [0, 0.05) is 17.1 Å². The summed E-state index contributed by atoms with van der Waals surface area (Å²) in [4.78, 5) is 10.4. The maximum absolute atomic E-state index is 10.4. The van der Waals surface area contributed by atoms with Crippen LogP contribution in [0.15, 0.2) is 24.3 Å². The van der Waals surface area contributed by atoms with Crippen molar-refractivity contribution < 1.29 is 32.1 Å². The maximum atomic E-state index is 10.4. The minimum Gasteiger partial charge on any atom is -0.508 e. The average molecular weight is 237 g/mol. The van der Waals surface area contributed by atoms with Gasteiger partial charge in [-0.2, -0.15) is 0 Å². The average Bonchev–Trinajstić information content (AvgIpc) is 2.08. The van der Waals surface area contributed by atoms with Crippen LogP contribution in [0.3, 0.4) is 0 Å². The SMILES string of the molecule is N[C@@H](Cc1ccc(O)cc1)C(=O)O.[Fe]. The molecule has 0 bridgehead atoms. The molecule has 0 aromatic heterocycles. The third-order valence-corrected chi connectivity index (χ3v) is 1.71. The van der Waals surface area contributed by atoms with E-state index in [4.69, 9.17) is 15.9 Å². The molecule has 1 aromatic rings. The number of benzene rings is 1. The van der Waals surface area contributed by atoms with Crippen LogP contribution in [0.4, 0.5) is 0 Å². The van der Waals surface area contributed by atoms with Crippen molar-refractivity contribution in [1.82, 2.24) is 0 Å².